The fraction of sp³-hybridized carbons (Fsp3) is 0.375. The highest BCUT2D eigenvalue weighted by Crippen LogP contribution is 2.29. The maximum absolute atomic E-state index is 3.68. The minimum Gasteiger partial charge on any atom is -0.313 e. The summed E-state index contributed by atoms with van der Waals surface area (Å²) in [4.78, 5) is 1.44. The second-order valence-corrected chi connectivity index (χ2v) is 8.20. The van der Waals surface area contributed by atoms with Crippen molar-refractivity contribution in [3.8, 4) is 0 Å². The molecular weight excluding hydrogens is 398 g/mol. The molecule has 0 spiro atoms. The second-order valence-electron chi connectivity index (χ2n) is 5.37. The quantitative estimate of drug-likeness (QED) is 0.671. The predicted molar refractivity (Wildman–Crippen MR) is 93.6 cm³/mol. The lowest BCUT2D eigenvalue weighted by Crippen LogP contribution is -2.24. The van der Waals surface area contributed by atoms with Crippen molar-refractivity contribution < 1.29 is 0 Å². The van der Waals surface area contributed by atoms with Gasteiger partial charge in [-0.15, -0.1) is 11.3 Å². The van der Waals surface area contributed by atoms with E-state index in [1.54, 1.807) is 0 Å². The first-order valence-electron chi connectivity index (χ1n) is 6.92. The van der Waals surface area contributed by atoms with Crippen LogP contribution in [0.1, 0.15) is 29.2 Å². The van der Waals surface area contributed by atoms with E-state index in [0.29, 0.717) is 5.92 Å². The molecule has 0 bridgehead atoms. The number of benzene rings is 1. The molecule has 1 fully saturated rings. The predicted octanol–water partition coefficient (Wildman–Crippen LogP) is 5.35. The summed E-state index contributed by atoms with van der Waals surface area (Å²) in [6.45, 7) is 1.07. The van der Waals surface area contributed by atoms with E-state index in [1.165, 1.54) is 32.2 Å². The average molecular weight is 415 g/mol. The normalized spacial score (nSPS) is 16.3. The Labute approximate surface area is 141 Å². The Kier molecular flexibility index (Phi) is 4.97. The van der Waals surface area contributed by atoms with Gasteiger partial charge in [-0.25, -0.2) is 0 Å². The second kappa shape index (κ2) is 6.73. The number of hydrogen-bond donors (Lipinski definition) is 1. The smallest absolute Gasteiger partial charge is 0.0285 e. The van der Waals surface area contributed by atoms with Gasteiger partial charge in [0.15, 0.2) is 0 Å². The Hall–Kier alpha value is -0.160. The molecule has 1 saturated carbocycles. The molecule has 1 aromatic carbocycles. The van der Waals surface area contributed by atoms with Crippen LogP contribution in [0.3, 0.4) is 0 Å². The van der Waals surface area contributed by atoms with Gasteiger partial charge in [0.1, 0.15) is 0 Å². The fourth-order valence-corrected chi connectivity index (χ4v) is 4.32. The Morgan fingerprint density at radius 2 is 2.05 bits per heavy atom. The van der Waals surface area contributed by atoms with Gasteiger partial charge in [-0.2, -0.15) is 0 Å². The maximum atomic E-state index is 3.68. The van der Waals surface area contributed by atoms with E-state index >= 15 is 0 Å². The van der Waals surface area contributed by atoms with Gasteiger partial charge in [0.2, 0.25) is 0 Å². The summed E-state index contributed by atoms with van der Waals surface area (Å²) in [5, 5.41) is 5.85. The Bertz CT molecular complexity index is 577. The maximum Gasteiger partial charge on any atom is 0.0285 e. The minimum atomic E-state index is 0.540. The Morgan fingerprint density at radius 1 is 1.20 bits per heavy atom. The van der Waals surface area contributed by atoms with E-state index in [-0.39, 0.29) is 0 Å². The highest BCUT2D eigenvalue weighted by molar-refractivity contribution is 9.10. The topological polar surface area (TPSA) is 12.0 Å². The first-order valence-corrected chi connectivity index (χ1v) is 9.39. The van der Waals surface area contributed by atoms with E-state index in [4.69, 9.17) is 0 Å². The van der Waals surface area contributed by atoms with E-state index in [9.17, 15) is 0 Å². The van der Waals surface area contributed by atoms with Crippen molar-refractivity contribution in [1.29, 1.82) is 0 Å². The molecule has 0 amide bonds. The van der Waals surface area contributed by atoms with Crippen LogP contribution in [-0.4, -0.2) is 12.6 Å². The molecule has 0 saturated heterocycles. The molecule has 1 unspecified atom stereocenters. The van der Waals surface area contributed by atoms with E-state index < -0.39 is 0 Å². The molecule has 1 nitrogen and oxygen atoms in total. The SMILES string of the molecule is Brc1cccc(C(CNC2CC2)Cc2cc(Br)cs2)c1. The molecule has 0 radical (unpaired) electrons. The third kappa shape index (κ3) is 4.17. The summed E-state index contributed by atoms with van der Waals surface area (Å²) < 4.78 is 2.36. The third-order valence-electron chi connectivity index (χ3n) is 3.62. The van der Waals surface area contributed by atoms with Crippen LogP contribution in [0.15, 0.2) is 44.7 Å². The molecule has 1 aromatic heterocycles. The van der Waals surface area contributed by atoms with Crippen molar-refractivity contribution >= 4 is 43.2 Å². The van der Waals surface area contributed by atoms with Crippen LogP contribution in [0.2, 0.25) is 0 Å². The zero-order valence-corrected chi connectivity index (χ0v) is 15.1. The van der Waals surface area contributed by atoms with Crippen molar-refractivity contribution in [2.24, 2.45) is 0 Å². The molecule has 1 N–H and O–H groups in total. The van der Waals surface area contributed by atoms with Gasteiger partial charge in [-0.1, -0.05) is 28.1 Å². The third-order valence-corrected chi connectivity index (χ3v) is 5.83. The molecule has 2 aromatic rings. The summed E-state index contributed by atoms with van der Waals surface area (Å²) in [7, 11) is 0. The van der Waals surface area contributed by atoms with Gasteiger partial charge < -0.3 is 5.32 Å². The average Bonchev–Trinajstić information content (AvgIpc) is 3.17. The van der Waals surface area contributed by atoms with Crippen LogP contribution < -0.4 is 5.32 Å². The van der Waals surface area contributed by atoms with Crippen LogP contribution in [0, 0.1) is 0 Å². The monoisotopic (exact) mass is 413 g/mol. The van der Waals surface area contributed by atoms with E-state index in [0.717, 1.165) is 19.0 Å². The molecule has 4 heteroatoms. The highest BCUT2D eigenvalue weighted by atomic mass is 79.9. The number of hydrogen-bond acceptors (Lipinski definition) is 2. The molecule has 1 aliphatic rings. The molecule has 0 aliphatic heterocycles. The molecular formula is C16H17Br2NS. The molecule has 106 valence electrons. The van der Waals surface area contributed by atoms with Crippen LogP contribution in [0.4, 0.5) is 0 Å². The largest absolute Gasteiger partial charge is 0.313 e. The Balaban J connectivity index is 1.74. The van der Waals surface area contributed by atoms with Gasteiger partial charge in [0, 0.05) is 37.7 Å². The van der Waals surface area contributed by atoms with Crippen LogP contribution >= 0.6 is 43.2 Å². The number of thiophene rings is 1. The Morgan fingerprint density at radius 3 is 2.70 bits per heavy atom. The lowest BCUT2D eigenvalue weighted by molar-refractivity contribution is 0.580. The van der Waals surface area contributed by atoms with Crippen LogP contribution in [0.5, 0.6) is 0 Å². The minimum absolute atomic E-state index is 0.540. The van der Waals surface area contributed by atoms with Crippen molar-refractivity contribution in [3.63, 3.8) is 0 Å². The van der Waals surface area contributed by atoms with Crippen LogP contribution in [-0.2, 0) is 6.42 Å². The van der Waals surface area contributed by atoms with Gasteiger partial charge in [-0.3, -0.25) is 0 Å². The molecule has 1 heterocycles. The lowest BCUT2D eigenvalue weighted by atomic mass is 9.95. The fourth-order valence-electron chi connectivity index (χ4n) is 2.37. The van der Waals surface area contributed by atoms with Gasteiger partial charge in [0.05, 0.1) is 0 Å². The first kappa shape index (κ1) is 14.8. The molecule has 3 rings (SSSR count). The van der Waals surface area contributed by atoms with Crippen LogP contribution in [0.25, 0.3) is 0 Å². The number of nitrogens with one attached hydrogen (secondary N) is 1. The summed E-state index contributed by atoms with van der Waals surface area (Å²) in [6, 6.07) is 11.7. The lowest BCUT2D eigenvalue weighted by Gasteiger charge is -2.18. The zero-order valence-electron chi connectivity index (χ0n) is 11.1. The molecule has 20 heavy (non-hydrogen) atoms. The van der Waals surface area contributed by atoms with Crippen molar-refractivity contribution in [1.82, 2.24) is 5.32 Å². The first-order chi connectivity index (χ1) is 9.70. The summed E-state index contributed by atoms with van der Waals surface area (Å²) in [5.41, 5.74) is 1.41. The summed E-state index contributed by atoms with van der Waals surface area (Å²) in [5.74, 6) is 0.540. The summed E-state index contributed by atoms with van der Waals surface area (Å²) >= 11 is 8.98. The zero-order chi connectivity index (χ0) is 13.9. The number of halogens is 2. The standard InChI is InChI=1S/C16H17Br2NS/c17-13-3-1-2-11(6-13)12(9-19-15-4-5-15)7-16-8-14(18)10-20-16/h1-3,6,8,10,12,15,19H,4-5,7,9H2. The van der Waals surface area contributed by atoms with Crippen molar-refractivity contribution in [3.05, 3.63) is 55.1 Å². The number of rotatable bonds is 6. The van der Waals surface area contributed by atoms with Gasteiger partial charge in [-0.05, 0) is 59.0 Å². The van der Waals surface area contributed by atoms with Gasteiger partial charge in [0.25, 0.3) is 0 Å². The van der Waals surface area contributed by atoms with E-state index in [1.807, 2.05) is 11.3 Å². The van der Waals surface area contributed by atoms with Gasteiger partial charge >= 0.3 is 0 Å². The van der Waals surface area contributed by atoms with Crippen molar-refractivity contribution in [2.45, 2.75) is 31.2 Å². The molecule has 1 atom stereocenters. The van der Waals surface area contributed by atoms with E-state index in [2.05, 4.69) is 72.9 Å². The highest BCUT2D eigenvalue weighted by Gasteiger charge is 2.23. The summed E-state index contributed by atoms with van der Waals surface area (Å²) in [6.07, 6.45) is 3.79. The van der Waals surface area contributed by atoms with Crippen molar-refractivity contribution in [2.75, 3.05) is 6.54 Å². The molecule has 1 aliphatic carbocycles.